The van der Waals surface area contributed by atoms with Gasteiger partial charge in [0.1, 0.15) is 17.1 Å². The van der Waals surface area contributed by atoms with Crippen LogP contribution in [0.1, 0.15) is 0 Å². The van der Waals surface area contributed by atoms with E-state index >= 15 is 5.21 Å². The fourth-order valence-corrected chi connectivity index (χ4v) is 6.11. The van der Waals surface area contributed by atoms with Gasteiger partial charge in [-0.3, -0.25) is 14.2 Å². The van der Waals surface area contributed by atoms with Crippen molar-refractivity contribution >= 4 is 72.0 Å². The van der Waals surface area contributed by atoms with Crippen LogP contribution >= 0.6 is 0 Å². The number of aromatic amines is 2. The zero-order valence-corrected chi connectivity index (χ0v) is 24.0. The molecule has 0 aliphatic rings. The fraction of sp³-hybridized carbons (Fsp3) is 0. The van der Waals surface area contributed by atoms with Crippen LogP contribution in [0.3, 0.4) is 0 Å². The van der Waals surface area contributed by atoms with Gasteiger partial charge in [0.05, 0.1) is 10.9 Å². The van der Waals surface area contributed by atoms with E-state index in [0.717, 1.165) is 27.9 Å². The minimum Gasteiger partial charge on any atom is -0.616 e. The van der Waals surface area contributed by atoms with Crippen molar-refractivity contribution in [1.29, 1.82) is 0 Å². The molecule has 2 aromatic heterocycles. The van der Waals surface area contributed by atoms with Crippen molar-refractivity contribution in [2.75, 3.05) is 5.32 Å². The van der Waals surface area contributed by atoms with Gasteiger partial charge in [0, 0.05) is 80.5 Å². The quantitative estimate of drug-likeness (QED) is 0.106. The summed E-state index contributed by atoms with van der Waals surface area (Å²) in [7, 11) is 0. The highest BCUT2D eigenvalue weighted by Crippen LogP contribution is 2.43. The first-order valence-electron chi connectivity index (χ1n) is 14.6. The summed E-state index contributed by atoms with van der Waals surface area (Å²) in [5.41, 5.74) is 5.74. The highest BCUT2D eigenvalue weighted by molar-refractivity contribution is 5.95. The number of benzene rings is 6. The number of hydrogen-bond donors (Lipinski definition) is 3. The van der Waals surface area contributed by atoms with Crippen LogP contribution in [-0.2, 0) is 0 Å². The lowest BCUT2D eigenvalue weighted by atomic mass is 10.1. The summed E-state index contributed by atoms with van der Waals surface area (Å²) in [5.74, 6) is 0. The van der Waals surface area contributed by atoms with E-state index in [0.29, 0.717) is 44.1 Å². The number of quaternary nitrogens is 1. The van der Waals surface area contributed by atoms with Crippen molar-refractivity contribution in [1.82, 2.24) is 14.6 Å². The molecule has 8 rings (SSSR count). The lowest BCUT2D eigenvalue weighted by Crippen LogP contribution is -2.31. The second-order valence-corrected chi connectivity index (χ2v) is 11.1. The number of fused-ring (bicyclic) bond motifs is 4. The molecule has 0 saturated carbocycles. The molecule has 0 aliphatic carbocycles. The molecule has 1 unspecified atom stereocenters. The molecule has 8 aromatic rings. The SMILES string of the molecule is O=c1c2ccccc2[nH]c2ccc(Nc3ccc([N+]([O-])(c4ccccc4)c4ccc5[nH]c6ccccc6c(=O)c5c4)cc3)cc12. The number of anilines is 2. The number of H-pyrrole nitrogens is 2. The van der Waals surface area contributed by atoms with Crippen LogP contribution in [0.25, 0.3) is 43.6 Å². The number of rotatable bonds is 5. The maximum atomic E-state index is 15.1. The molecular formula is C38H26N4O3. The summed E-state index contributed by atoms with van der Waals surface area (Å²) in [6, 6.07) is 42.2. The van der Waals surface area contributed by atoms with Crippen molar-refractivity contribution < 1.29 is 0 Å². The summed E-state index contributed by atoms with van der Waals surface area (Å²) >= 11 is 0. The van der Waals surface area contributed by atoms with Gasteiger partial charge in [0.2, 0.25) is 0 Å². The van der Waals surface area contributed by atoms with E-state index in [2.05, 4.69) is 15.3 Å². The Labute approximate surface area is 256 Å². The van der Waals surface area contributed by atoms with Gasteiger partial charge in [-0.15, -0.1) is 0 Å². The first-order valence-corrected chi connectivity index (χ1v) is 14.6. The Hall–Kier alpha value is -6.02. The first kappa shape index (κ1) is 26.6. The monoisotopic (exact) mass is 586 g/mol. The van der Waals surface area contributed by atoms with Gasteiger partial charge in [0.15, 0.2) is 10.9 Å². The van der Waals surface area contributed by atoms with Crippen LogP contribution in [-0.4, -0.2) is 9.97 Å². The topological polar surface area (TPSA) is 101 Å². The minimum atomic E-state index is -0.887. The Morgan fingerprint density at radius 1 is 0.444 bits per heavy atom. The van der Waals surface area contributed by atoms with Gasteiger partial charge in [-0.1, -0.05) is 42.5 Å². The molecule has 7 nitrogen and oxygen atoms in total. The summed E-state index contributed by atoms with van der Waals surface area (Å²) < 4.78 is -0.887. The maximum Gasteiger partial charge on any atom is 0.197 e. The maximum absolute atomic E-state index is 15.1. The number of nitrogens with zero attached hydrogens (tertiary/aromatic N) is 1. The second-order valence-electron chi connectivity index (χ2n) is 11.1. The van der Waals surface area contributed by atoms with Gasteiger partial charge in [0.25, 0.3) is 0 Å². The number of aromatic nitrogens is 2. The third-order valence-electron chi connectivity index (χ3n) is 8.40. The van der Waals surface area contributed by atoms with Gasteiger partial charge >= 0.3 is 0 Å². The van der Waals surface area contributed by atoms with Crippen molar-refractivity contribution in [2.45, 2.75) is 0 Å². The molecule has 0 bridgehead atoms. The zero-order chi connectivity index (χ0) is 30.5. The summed E-state index contributed by atoms with van der Waals surface area (Å²) in [4.78, 5) is 33.3. The van der Waals surface area contributed by atoms with E-state index in [4.69, 9.17) is 0 Å². The van der Waals surface area contributed by atoms with Gasteiger partial charge in [-0.25, -0.2) is 0 Å². The molecule has 6 aromatic carbocycles. The van der Waals surface area contributed by atoms with Crippen molar-refractivity contribution in [2.24, 2.45) is 0 Å². The number of hydrogen-bond acceptors (Lipinski definition) is 4. The average molecular weight is 587 g/mol. The van der Waals surface area contributed by atoms with E-state index in [9.17, 15) is 9.59 Å². The van der Waals surface area contributed by atoms with E-state index in [1.54, 1.807) is 48.5 Å². The highest BCUT2D eigenvalue weighted by atomic mass is 16.5. The molecule has 0 radical (unpaired) electrons. The standard InChI is InChI=1S/C38H26N4O3/c43-37-29-10-4-6-12-33(29)40-35-20-16-25(22-31(35)37)39-24-14-17-27(18-15-24)42(45,26-8-2-1-3-9-26)28-19-21-36-32(23-28)38(44)30-11-5-7-13-34(30)41-36/h1-23,39H,(H,40,43)(H,41,44). The molecule has 0 amide bonds. The molecule has 216 valence electrons. The Balaban J connectivity index is 1.19. The largest absolute Gasteiger partial charge is 0.616 e. The number of para-hydroxylation sites is 3. The van der Waals surface area contributed by atoms with Crippen LogP contribution in [0.5, 0.6) is 0 Å². The summed E-state index contributed by atoms with van der Waals surface area (Å²) in [6.07, 6.45) is 0. The summed E-state index contributed by atoms with van der Waals surface area (Å²) in [6.45, 7) is 0. The molecule has 3 N–H and O–H groups in total. The Kier molecular flexibility index (Phi) is 6.09. The van der Waals surface area contributed by atoms with Crippen LogP contribution in [0, 0.1) is 5.21 Å². The lowest BCUT2D eigenvalue weighted by Gasteiger charge is -2.41. The smallest absolute Gasteiger partial charge is 0.197 e. The number of nitrogens with one attached hydrogen (secondary N) is 3. The lowest BCUT2D eigenvalue weighted by molar-refractivity contribution is 0.694. The average Bonchev–Trinajstić information content (AvgIpc) is 3.09. The van der Waals surface area contributed by atoms with E-state index in [1.807, 2.05) is 91.0 Å². The Morgan fingerprint density at radius 2 is 0.911 bits per heavy atom. The predicted molar refractivity (Wildman–Crippen MR) is 185 cm³/mol. The summed E-state index contributed by atoms with van der Waals surface area (Å²) in [5, 5.41) is 20.7. The second kappa shape index (κ2) is 10.3. The van der Waals surface area contributed by atoms with Crippen molar-refractivity contribution in [3.63, 3.8) is 0 Å². The zero-order valence-electron chi connectivity index (χ0n) is 24.0. The van der Waals surface area contributed by atoms with E-state index in [1.165, 1.54) is 0 Å². The van der Waals surface area contributed by atoms with Gasteiger partial charge < -0.3 is 20.5 Å². The van der Waals surface area contributed by atoms with Crippen LogP contribution < -0.4 is 20.8 Å². The molecule has 0 fully saturated rings. The molecule has 1 atom stereocenters. The fourth-order valence-electron chi connectivity index (χ4n) is 6.11. The van der Waals surface area contributed by atoms with Crippen LogP contribution in [0.2, 0.25) is 0 Å². The molecular weight excluding hydrogens is 560 g/mol. The third kappa shape index (κ3) is 4.38. The van der Waals surface area contributed by atoms with E-state index in [-0.39, 0.29) is 10.9 Å². The molecule has 45 heavy (non-hydrogen) atoms. The molecule has 0 aliphatic heterocycles. The Bertz CT molecular complexity index is 2520. The minimum absolute atomic E-state index is 0.0307. The third-order valence-corrected chi connectivity index (χ3v) is 8.40. The first-order chi connectivity index (χ1) is 22.0. The van der Waals surface area contributed by atoms with Crippen molar-refractivity contribution in [3.8, 4) is 0 Å². The number of pyridine rings is 2. The Morgan fingerprint density at radius 3 is 1.56 bits per heavy atom. The highest BCUT2D eigenvalue weighted by Gasteiger charge is 2.28. The molecule has 0 spiro atoms. The van der Waals surface area contributed by atoms with Crippen molar-refractivity contribution in [3.05, 3.63) is 165 Å². The van der Waals surface area contributed by atoms with Crippen LogP contribution in [0.15, 0.2) is 149 Å². The molecule has 0 saturated heterocycles. The van der Waals surface area contributed by atoms with Crippen LogP contribution in [0.4, 0.5) is 28.4 Å². The predicted octanol–water partition coefficient (Wildman–Crippen LogP) is 8.89. The van der Waals surface area contributed by atoms with Gasteiger partial charge in [-0.2, -0.15) is 0 Å². The molecule has 7 heteroatoms. The normalized spacial score (nSPS) is 12.9. The molecule has 2 heterocycles. The van der Waals surface area contributed by atoms with Gasteiger partial charge in [-0.05, 0) is 60.7 Å². The van der Waals surface area contributed by atoms with E-state index < -0.39 is 4.65 Å².